The van der Waals surface area contributed by atoms with Crippen molar-refractivity contribution in [3.63, 3.8) is 0 Å². The number of carbonyl (C=O) groups is 1. The second-order valence-corrected chi connectivity index (χ2v) is 9.85. The molecule has 0 bridgehead atoms. The Morgan fingerprint density at radius 3 is 2.41 bits per heavy atom. The van der Waals surface area contributed by atoms with E-state index in [1.54, 1.807) is 12.1 Å². The van der Waals surface area contributed by atoms with Crippen LogP contribution in [-0.4, -0.2) is 27.0 Å². The summed E-state index contributed by atoms with van der Waals surface area (Å²) in [7, 11) is -3.55. The summed E-state index contributed by atoms with van der Waals surface area (Å²) in [6.07, 6.45) is 5.05. The zero-order chi connectivity index (χ0) is 22.4. The number of hydrogen-bond donors (Lipinski definition) is 2. The van der Waals surface area contributed by atoms with Crippen LogP contribution in [-0.2, 0) is 21.4 Å². The second kappa shape index (κ2) is 10.1. The SMILES string of the molecule is O=C(COc1ccc(S(=O)(=O)NC2CCCCC2)cc1)NCc1cccc2ccccc12. The molecule has 1 saturated carbocycles. The molecule has 0 saturated heterocycles. The molecule has 0 radical (unpaired) electrons. The number of rotatable bonds is 8. The summed E-state index contributed by atoms with van der Waals surface area (Å²) in [4.78, 5) is 12.4. The lowest BCUT2D eigenvalue weighted by Gasteiger charge is -2.22. The minimum absolute atomic E-state index is 0.00936. The van der Waals surface area contributed by atoms with Gasteiger partial charge in [0.25, 0.3) is 5.91 Å². The topological polar surface area (TPSA) is 84.5 Å². The predicted molar refractivity (Wildman–Crippen MR) is 125 cm³/mol. The number of carbonyl (C=O) groups excluding carboxylic acids is 1. The van der Waals surface area contributed by atoms with Crippen molar-refractivity contribution in [3.8, 4) is 5.75 Å². The Bertz CT molecular complexity index is 1160. The first-order valence-electron chi connectivity index (χ1n) is 11.0. The van der Waals surface area contributed by atoms with Crippen LogP contribution >= 0.6 is 0 Å². The van der Waals surface area contributed by atoms with Crippen molar-refractivity contribution in [2.45, 2.75) is 49.6 Å². The van der Waals surface area contributed by atoms with Crippen molar-refractivity contribution < 1.29 is 17.9 Å². The number of ether oxygens (including phenoxy) is 1. The van der Waals surface area contributed by atoms with Crippen LogP contribution < -0.4 is 14.8 Å². The van der Waals surface area contributed by atoms with Crippen LogP contribution in [0.3, 0.4) is 0 Å². The molecule has 32 heavy (non-hydrogen) atoms. The summed E-state index contributed by atoms with van der Waals surface area (Å²) in [5.41, 5.74) is 1.04. The van der Waals surface area contributed by atoms with Crippen molar-refractivity contribution in [2.75, 3.05) is 6.61 Å². The lowest BCUT2D eigenvalue weighted by atomic mass is 9.96. The number of benzene rings is 3. The third kappa shape index (κ3) is 5.66. The summed E-state index contributed by atoms with van der Waals surface area (Å²) in [5, 5.41) is 5.11. The van der Waals surface area contributed by atoms with Crippen molar-refractivity contribution >= 4 is 26.7 Å². The van der Waals surface area contributed by atoms with Crippen LogP contribution in [0.2, 0.25) is 0 Å². The van der Waals surface area contributed by atoms with Gasteiger partial charge in [0.1, 0.15) is 5.75 Å². The highest BCUT2D eigenvalue weighted by Crippen LogP contribution is 2.21. The quantitative estimate of drug-likeness (QED) is 0.538. The van der Waals surface area contributed by atoms with Crippen LogP contribution in [0.5, 0.6) is 5.75 Å². The maximum absolute atomic E-state index is 12.6. The Hall–Kier alpha value is -2.90. The first-order valence-corrected chi connectivity index (χ1v) is 12.5. The molecule has 3 aromatic carbocycles. The molecule has 1 aliphatic rings. The molecule has 1 amide bonds. The molecule has 0 atom stereocenters. The molecule has 0 aromatic heterocycles. The van der Waals surface area contributed by atoms with E-state index in [9.17, 15) is 13.2 Å². The van der Waals surface area contributed by atoms with Crippen molar-refractivity contribution in [1.29, 1.82) is 0 Å². The second-order valence-electron chi connectivity index (χ2n) is 8.13. The smallest absolute Gasteiger partial charge is 0.258 e. The average molecular weight is 453 g/mol. The van der Waals surface area contributed by atoms with Gasteiger partial charge in [-0.15, -0.1) is 0 Å². The molecule has 1 aliphatic carbocycles. The summed E-state index contributed by atoms with van der Waals surface area (Å²) in [5.74, 6) is 0.204. The lowest BCUT2D eigenvalue weighted by Crippen LogP contribution is -2.36. The Morgan fingerprint density at radius 2 is 1.62 bits per heavy atom. The molecule has 0 spiro atoms. The Labute approximate surface area is 189 Å². The Morgan fingerprint density at radius 1 is 0.906 bits per heavy atom. The first kappa shape index (κ1) is 22.3. The van der Waals surface area contributed by atoms with Crippen LogP contribution in [0.25, 0.3) is 10.8 Å². The molecular formula is C25H28N2O4S. The highest BCUT2D eigenvalue weighted by atomic mass is 32.2. The van der Waals surface area contributed by atoms with Crippen LogP contribution in [0.15, 0.2) is 71.6 Å². The molecule has 7 heteroatoms. The maximum atomic E-state index is 12.6. The molecule has 3 aromatic rings. The van der Waals surface area contributed by atoms with Gasteiger partial charge in [-0.3, -0.25) is 4.79 Å². The monoisotopic (exact) mass is 452 g/mol. The van der Waals surface area contributed by atoms with E-state index in [-0.39, 0.29) is 23.5 Å². The first-order chi connectivity index (χ1) is 15.5. The molecule has 2 N–H and O–H groups in total. The summed E-state index contributed by atoms with van der Waals surface area (Å²) in [6, 6.07) is 20.2. The minimum Gasteiger partial charge on any atom is -0.484 e. The van der Waals surface area contributed by atoms with Crippen LogP contribution in [0.4, 0.5) is 0 Å². The van der Waals surface area contributed by atoms with Crippen molar-refractivity contribution in [1.82, 2.24) is 10.0 Å². The molecule has 1 fully saturated rings. The summed E-state index contributed by atoms with van der Waals surface area (Å²) in [6.45, 7) is 0.269. The van der Waals surface area contributed by atoms with Gasteiger partial charge in [-0.1, -0.05) is 61.7 Å². The van der Waals surface area contributed by atoms with E-state index in [2.05, 4.69) is 10.0 Å². The summed E-state index contributed by atoms with van der Waals surface area (Å²) < 4.78 is 33.5. The standard InChI is InChI=1S/C25H28N2O4S/c28-25(26-17-20-9-6-8-19-7-4-5-12-24(19)20)18-31-22-13-15-23(16-14-22)32(29,30)27-21-10-2-1-3-11-21/h4-9,12-16,21,27H,1-3,10-11,17-18H2,(H,26,28). The molecule has 168 valence electrons. The van der Waals surface area contributed by atoms with Gasteiger partial charge in [0.15, 0.2) is 6.61 Å². The van der Waals surface area contributed by atoms with E-state index in [0.717, 1.165) is 42.0 Å². The third-order valence-electron chi connectivity index (χ3n) is 5.79. The largest absolute Gasteiger partial charge is 0.484 e. The van der Waals surface area contributed by atoms with E-state index >= 15 is 0 Å². The van der Waals surface area contributed by atoms with E-state index < -0.39 is 10.0 Å². The van der Waals surface area contributed by atoms with Gasteiger partial charge >= 0.3 is 0 Å². The average Bonchev–Trinajstić information content (AvgIpc) is 2.82. The molecule has 4 rings (SSSR count). The normalized spacial score (nSPS) is 14.9. The van der Waals surface area contributed by atoms with E-state index in [4.69, 9.17) is 4.74 Å². The van der Waals surface area contributed by atoms with Crippen LogP contribution in [0.1, 0.15) is 37.7 Å². The fourth-order valence-corrected chi connectivity index (χ4v) is 5.37. The number of sulfonamides is 1. The fraction of sp³-hybridized carbons (Fsp3) is 0.320. The lowest BCUT2D eigenvalue weighted by molar-refractivity contribution is -0.123. The van der Waals surface area contributed by atoms with E-state index in [0.29, 0.717) is 12.3 Å². The van der Waals surface area contributed by atoms with Gasteiger partial charge in [0.05, 0.1) is 4.90 Å². The van der Waals surface area contributed by atoms with E-state index in [1.807, 2.05) is 42.5 Å². The zero-order valence-electron chi connectivity index (χ0n) is 17.9. The van der Waals surface area contributed by atoms with Crippen LogP contribution in [0, 0.1) is 0 Å². The number of hydrogen-bond acceptors (Lipinski definition) is 4. The number of nitrogens with one attached hydrogen (secondary N) is 2. The van der Waals surface area contributed by atoms with Gasteiger partial charge in [-0.25, -0.2) is 13.1 Å². The van der Waals surface area contributed by atoms with Gasteiger partial charge in [-0.05, 0) is 53.4 Å². The minimum atomic E-state index is -3.55. The molecular weight excluding hydrogens is 424 g/mol. The molecule has 0 aliphatic heterocycles. The van der Waals surface area contributed by atoms with Crippen molar-refractivity contribution in [3.05, 3.63) is 72.3 Å². The fourth-order valence-electron chi connectivity index (χ4n) is 4.06. The van der Waals surface area contributed by atoms with E-state index in [1.165, 1.54) is 18.6 Å². The molecule has 0 unspecified atom stereocenters. The Kier molecular flexibility index (Phi) is 7.07. The van der Waals surface area contributed by atoms with Gasteiger partial charge < -0.3 is 10.1 Å². The highest BCUT2D eigenvalue weighted by Gasteiger charge is 2.21. The number of fused-ring (bicyclic) bond motifs is 1. The third-order valence-corrected chi connectivity index (χ3v) is 7.32. The highest BCUT2D eigenvalue weighted by molar-refractivity contribution is 7.89. The van der Waals surface area contributed by atoms with Gasteiger partial charge in [0.2, 0.25) is 10.0 Å². The van der Waals surface area contributed by atoms with Gasteiger partial charge in [0, 0.05) is 12.6 Å². The summed E-state index contributed by atoms with van der Waals surface area (Å²) >= 11 is 0. The van der Waals surface area contributed by atoms with Gasteiger partial charge in [-0.2, -0.15) is 0 Å². The van der Waals surface area contributed by atoms with Crippen molar-refractivity contribution in [2.24, 2.45) is 0 Å². The Balaban J connectivity index is 1.28. The predicted octanol–water partition coefficient (Wildman–Crippen LogP) is 4.15. The zero-order valence-corrected chi connectivity index (χ0v) is 18.7. The number of amides is 1. The maximum Gasteiger partial charge on any atom is 0.258 e. The molecule has 0 heterocycles. The molecule has 6 nitrogen and oxygen atoms in total.